The number of rotatable bonds is 1. The molecule has 0 saturated heterocycles. The Balaban J connectivity index is 2.07. The molecule has 0 N–H and O–H groups in total. The summed E-state index contributed by atoms with van der Waals surface area (Å²) >= 11 is 2.01. The van der Waals surface area contributed by atoms with Crippen LogP contribution in [-0.4, -0.2) is 11.8 Å². The summed E-state index contributed by atoms with van der Waals surface area (Å²) in [6, 6.07) is 10.1. The second-order valence-electron chi connectivity index (χ2n) is 3.91. The summed E-state index contributed by atoms with van der Waals surface area (Å²) in [7, 11) is 0. The van der Waals surface area contributed by atoms with Gasteiger partial charge in [0.1, 0.15) is 17.1 Å². The van der Waals surface area contributed by atoms with E-state index in [1.165, 1.54) is 6.08 Å². The van der Waals surface area contributed by atoms with Gasteiger partial charge in [0.15, 0.2) is 3.77 Å². The summed E-state index contributed by atoms with van der Waals surface area (Å²) in [5.74, 6) is -0.263. The van der Waals surface area contributed by atoms with Crippen molar-refractivity contribution in [1.82, 2.24) is 0 Å². The average molecular weight is 366 g/mol. The van der Waals surface area contributed by atoms with Crippen molar-refractivity contribution in [1.29, 1.82) is 0 Å². The largest absolute Gasteiger partial charge is 0.451 e. The molecule has 5 heteroatoms. The summed E-state index contributed by atoms with van der Waals surface area (Å²) in [4.78, 5) is 24.0. The smallest absolute Gasteiger partial charge is 0.347 e. The van der Waals surface area contributed by atoms with Gasteiger partial charge in [-0.25, -0.2) is 4.79 Å². The first-order chi connectivity index (χ1) is 9.15. The Hall–Kier alpha value is -1.89. The maximum absolute atomic E-state index is 12.2. The Labute approximate surface area is 122 Å². The number of halogens is 1. The number of para-hydroxylation sites is 1. The summed E-state index contributed by atoms with van der Waals surface area (Å²) in [5.41, 5.74) is 0.360. The van der Waals surface area contributed by atoms with E-state index < -0.39 is 5.97 Å². The van der Waals surface area contributed by atoms with Crippen LogP contribution in [-0.2, 0) is 4.79 Å². The molecule has 2 aromatic rings. The van der Waals surface area contributed by atoms with Crippen molar-refractivity contribution in [3.05, 3.63) is 57.1 Å². The van der Waals surface area contributed by atoms with E-state index in [0.717, 1.165) is 0 Å². The zero-order valence-corrected chi connectivity index (χ0v) is 11.7. The van der Waals surface area contributed by atoms with E-state index >= 15 is 0 Å². The van der Waals surface area contributed by atoms with E-state index in [1.807, 2.05) is 22.6 Å². The molecular weight excluding hydrogens is 359 g/mol. The fourth-order valence-electron chi connectivity index (χ4n) is 1.81. The van der Waals surface area contributed by atoms with E-state index in [-0.39, 0.29) is 11.4 Å². The number of esters is 1. The lowest BCUT2D eigenvalue weighted by molar-refractivity contribution is -0.130. The van der Waals surface area contributed by atoms with Crippen molar-refractivity contribution in [2.75, 3.05) is 0 Å². The molecule has 1 aliphatic rings. The number of benzene rings is 1. The van der Waals surface area contributed by atoms with Crippen molar-refractivity contribution < 1.29 is 18.7 Å². The number of ketones is 1. The van der Waals surface area contributed by atoms with Crippen LogP contribution < -0.4 is 4.74 Å². The number of ether oxygens (including phenoxy) is 1. The van der Waals surface area contributed by atoms with Gasteiger partial charge in [0.25, 0.3) is 0 Å². The minimum Gasteiger partial charge on any atom is -0.451 e. The van der Waals surface area contributed by atoms with Gasteiger partial charge in [0.05, 0.1) is 5.56 Å². The number of Topliss-reactive ketones (excluding diaryl/α,β-unsaturated/α-hetero) is 1. The Morgan fingerprint density at radius 3 is 2.58 bits per heavy atom. The van der Waals surface area contributed by atoms with Gasteiger partial charge in [-0.15, -0.1) is 0 Å². The van der Waals surface area contributed by atoms with E-state index in [9.17, 15) is 9.59 Å². The molecule has 0 radical (unpaired) electrons. The van der Waals surface area contributed by atoms with Gasteiger partial charge in [0.2, 0.25) is 5.78 Å². The lowest BCUT2D eigenvalue weighted by Gasteiger charge is -2.15. The van der Waals surface area contributed by atoms with Crippen LogP contribution in [0.25, 0.3) is 6.08 Å². The fraction of sp³-hybridized carbons (Fsp3) is 0. The molecule has 0 fully saturated rings. The fourth-order valence-corrected chi connectivity index (χ4v) is 2.24. The van der Waals surface area contributed by atoms with Gasteiger partial charge >= 0.3 is 5.97 Å². The van der Waals surface area contributed by atoms with E-state index in [2.05, 4.69) is 0 Å². The first-order valence-electron chi connectivity index (χ1n) is 5.48. The number of hydrogen-bond acceptors (Lipinski definition) is 4. The Morgan fingerprint density at radius 1 is 1.05 bits per heavy atom. The first-order valence-corrected chi connectivity index (χ1v) is 6.56. The summed E-state index contributed by atoms with van der Waals surface area (Å²) in [6.07, 6.45) is 1.41. The zero-order chi connectivity index (χ0) is 13.4. The third-order valence-corrected chi connectivity index (χ3v) is 3.26. The third kappa shape index (κ3) is 2.21. The predicted octanol–water partition coefficient (Wildman–Crippen LogP) is 3.07. The zero-order valence-electron chi connectivity index (χ0n) is 9.55. The monoisotopic (exact) mass is 366 g/mol. The van der Waals surface area contributed by atoms with Crippen LogP contribution in [0.3, 0.4) is 0 Å². The molecule has 0 spiro atoms. The third-order valence-electron chi connectivity index (χ3n) is 2.68. The molecule has 0 unspecified atom stereocenters. The van der Waals surface area contributed by atoms with Gasteiger partial charge in [0, 0.05) is 0 Å². The number of carbonyl (C=O) groups excluding carboxylic acids is 2. The molecule has 2 heterocycles. The van der Waals surface area contributed by atoms with Crippen LogP contribution in [0, 0.1) is 3.77 Å². The second-order valence-corrected chi connectivity index (χ2v) is 4.98. The Bertz CT molecular complexity index is 712. The van der Waals surface area contributed by atoms with Crippen LogP contribution in [0.1, 0.15) is 16.1 Å². The lowest BCUT2D eigenvalue weighted by Crippen LogP contribution is -2.24. The molecule has 1 aromatic carbocycles. The molecular formula is C14H7IO4. The van der Waals surface area contributed by atoms with Crippen LogP contribution >= 0.6 is 22.6 Å². The highest BCUT2D eigenvalue weighted by atomic mass is 127. The molecule has 0 saturated carbocycles. The quantitative estimate of drug-likeness (QED) is 0.256. The summed E-state index contributed by atoms with van der Waals surface area (Å²) in [6.45, 7) is 0. The number of fused-ring (bicyclic) bond motifs is 1. The van der Waals surface area contributed by atoms with Gasteiger partial charge < -0.3 is 9.15 Å². The second kappa shape index (κ2) is 4.65. The number of carbonyl (C=O) groups is 2. The maximum Gasteiger partial charge on any atom is 0.347 e. The summed E-state index contributed by atoms with van der Waals surface area (Å²) < 4.78 is 11.1. The molecule has 1 aromatic heterocycles. The first kappa shape index (κ1) is 12.2. The lowest BCUT2D eigenvalue weighted by atomic mass is 9.99. The summed E-state index contributed by atoms with van der Waals surface area (Å²) in [5, 5.41) is 0. The molecule has 19 heavy (non-hydrogen) atoms. The standard InChI is InChI=1S/C14H7IO4/c15-12-6-5-8(18-12)7-10-13(16)9-3-1-2-4-11(9)19-14(10)17/h1-7H/b10-7-. The van der Waals surface area contributed by atoms with Crippen molar-refractivity contribution in [3.63, 3.8) is 0 Å². The van der Waals surface area contributed by atoms with Gasteiger partial charge in [-0.2, -0.15) is 0 Å². The van der Waals surface area contributed by atoms with Crippen molar-refractivity contribution in [2.45, 2.75) is 0 Å². The molecule has 3 rings (SSSR count). The Morgan fingerprint density at radius 2 is 1.84 bits per heavy atom. The van der Waals surface area contributed by atoms with Crippen LogP contribution in [0.5, 0.6) is 5.75 Å². The molecule has 4 nitrogen and oxygen atoms in total. The van der Waals surface area contributed by atoms with Crippen molar-refractivity contribution >= 4 is 40.4 Å². The highest BCUT2D eigenvalue weighted by molar-refractivity contribution is 14.1. The maximum atomic E-state index is 12.2. The van der Waals surface area contributed by atoms with Crippen molar-refractivity contribution in [2.24, 2.45) is 0 Å². The van der Waals surface area contributed by atoms with Gasteiger partial charge in [-0.05, 0) is 52.9 Å². The molecule has 0 aliphatic carbocycles. The average Bonchev–Trinajstić information content (AvgIpc) is 2.80. The number of furan rings is 1. The normalized spacial score (nSPS) is 16.4. The van der Waals surface area contributed by atoms with E-state index in [0.29, 0.717) is 20.8 Å². The van der Waals surface area contributed by atoms with Crippen molar-refractivity contribution in [3.8, 4) is 5.75 Å². The SMILES string of the molecule is O=C1Oc2ccccc2C(=O)/C1=C/c1ccc(I)o1. The Kier molecular flexibility index (Phi) is 2.98. The van der Waals surface area contributed by atoms with Crippen LogP contribution in [0.2, 0.25) is 0 Å². The molecule has 94 valence electrons. The highest BCUT2D eigenvalue weighted by Gasteiger charge is 2.30. The molecule has 1 aliphatic heterocycles. The molecule has 0 amide bonds. The topological polar surface area (TPSA) is 56.5 Å². The number of hydrogen-bond donors (Lipinski definition) is 0. The van der Waals surface area contributed by atoms with E-state index in [4.69, 9.17) is 9.15 Å². The van der Waals surface area contributed by atoms with Crippen LogP contribution in [0.4, 0.5) is 0 Å². The van der Waals surface area contributed by atoms with Gasteiger partial charge in [-0.1, -0.05) is 12.1 Å². The van der Waals surface area contributed by atoms with Gasteiger partial charge in [-0.3, -0.25) is 4.79 Å². The highest BCUT2D eigenvalue weighted by Crippen LogP contribution is 2.28. The molecule has 0 bridgehead atoms. The van der Waals surface area contributed by atoms with Crippen LogP contribution in [0.15, 0.2) is 46.4 Å². The molecule has 0 atom stereocenters. The minimum atomic E-state index is -0.657. The predicted molar refractivity (Wildman–Crippen MR) is 75.8 cm³/mol. The van der Waals surface area contributed by atoms with E-state index in [1.54, 1.807) is 36.4 Å². The minimum absolute atomic E-state index is 0.0237.